The van der Waals surface area contributed by atoms with Crippen LogP contribution in [0, 0.1) is 0 Å². The fourth-order valence-corrected chi connectivity index (χ4v) is 2.25. The number of nitrogens with zero attached hydrogens (tertiary/aromatic N) is 1. The number of carbonyl (C=O) groups is 1. The fraction of sp³-hybridized carbons (Fsp3) is 0.364. The van der Waals surface area contributed by atoms with Crippen LogP contribution in [0.4, 0.5) is 10.5 Å². The lowest BCUT2D eigenvalue weighted by Gasteiger charge is -2.19. The van der Waals surface area contributed by atoms with E-state index in [1.165, 1.54) is 5.01 Å². The molecule has 1 atom stereocenters. The van der Waals surface area contributed by atoms with Gasteiger partial charge >= 0.3 is 6.09 Å². The molecule has 1 unspecified atom stereocenters. The summed E-state index contributed by atoms with van der Waals surface area (Å²) in [6.45, 7) is 0.713. The summed E-state index contributed by atoms with van der Waals surface area (Å²) in [5.41, 5.74) is 0.340. The highest BCUT2D eigenvalue weighted by molar-refractivity contribution is 6.39. The molecule has 0 aliphatic carbocycles. The molecule has 1 aromatic carbocycles. The molecule has 0 aromatic heterocycles. The van der Waals surface area contributed by atoms with Crippen LogP contribution in [0.3, 0.4) is 0 Å². The molecule has 3 N–H and O–H groups in total. The van der Waals surface area contributed by atoms with Crippen molar-refractivity contribution in [2.75, 3.05) is 11.9 Å². The van der Waals surface area contributed by atoms with Gasteiger partial charge in [-0.25, -0.2) is 9.80 Å². The molecule has 2 rings (SSSR count). The minimum atomic E-state index is -0.618. The van der Waals surface area contributed by atoms with E-state index in [1.54, 1.807) is 18.2 Å². The number of hydrogen-bond acceptors (Lipinski definition) is 4. The lowest BCUT2D eigenvalue weighted by atomic mass is 10.3. The van der Waals surface area contributed by atoms with Gasteiger partial charge in [-0.3, -0.25) is 11.2 Å². The summed E-state index contributed by atoms with van der Waals surface area (Å²) in [5.74, 6) is 5.66. The van der Waals surface area contributed by atoms with E-state index < -0.39 is 12.3 Å². The lowest BCUT2D eigenvalue weighted by Crippen LogP contribution is -2.39. The van der Waals surface area contributed by atoms with E-state index in [1.807, 2.05) is 0 Å². The second kappa shape index (κ2) is 5.75. The Kier molecular flexibility index (Phi) is 4.29. The van der Waals surface area contributed by atoms with E-state index >= 15 is 0 Å². The number of amides is 1. The Morgan fingerprint density at radius 2 is 2.11 bits per heavy atom. The van der Waals surface area contributed by atoms with Crippen molar-refractivity contribution in [1.29, 1.82) is 0 Å². The van der Waals surface area contributed by atoms with Gasteiger partial charge in [0.2, 0.25) is 0 Å². The van der Waals surface area contributed by atoms with Crippen LogP contribution < -0.4 is 11.2 Å². The molecule has 18 heavy (non-hydrogen) atoms. The Balaban J connectivity index is 1.99. The first-order chi connectivity index (χ1) is 8.58. The van der Waals surface area contributed by atoms with E-state index in [9.17, 15) is 4.79 Å². The van der Waals surface area contributed by atoms with Crippen molar-refractivity contribution in [3.63, 3.8) is 0 Å². The van der Waals surface area contributed by atoms with Crippen molar-refractivity contribution in [3.8, 4) is 0 Å². The number of ether oxygens (including phenoxy) is 1. The number of carbonyl (C=O) groups excluding carboxylic acids is 1. The number of hydrogen-bond donors (Lipinski definition) is 2. The van der Waals surface area contributed by atoms with E-state index in [4.69, 9.17) is 33.8 Å². The maximum Gasteiger partial charge on any atom is 0.413 e. The smallest absolute Gasteiger partial charge is 0.413 e. The minimum absolute atomic E-state index is 0.340. The Morgan fingerprint density at radius 1 is 1.44 bits per heavy atom. The van der Waals surface area contributed by atoms with E-state index in [-0.39, 0.29) is 0 Å². The van der Waals surface area contributed by atoms with Crippen LogP contribution in [0.1, 0.15) is 12.8 Å². The molecular formula is C11H13Cl2N3O2. The monoisotopic (exact) mass is 289 g/mol. The standard InChI is InChI=1S/C11H13Cl2N3O2/c12-7-3-1-4-8(13)10(7)15-11(17)18-9-5-2-6-16(9)14/h1,3-4,9H,2,5-6,14H2,(H,15,17). The van der Waals surface area contributed by atoms with Gasteiger partial charge in [0, 0.05) is 13.0 Å². The summed E-state index contributed by atoms with van der Waals surface area (Å²) < 4.78 is 5.17. The molecule has 1 saturated heterocycles. The summed E-state index contributed by atoms with van der Waals surface area (Å²) >= 11 is 11.9. The van der Waals surface area contributed by atoms with Crippen LogP contribution in [0.15, 0.2) is 18.2 Å². The van der Waals surface area contributed by atoms with Crippen LogP contribution in [-0.2, 0) is 4.74 Å². The third-order valence-electron chi connectivity index (χ3n) is 2.67. The zero-order chi connectivity index (χ0) is 13.1. The summed E-state index contributed by atoms with van der Waals surface area (Å²) in [4.78, 5) is 11.7. The SMILES string of the molecule is NN1CCCC1OC(=O)Nc1c(Cl)cccc1Cl. The summed E-state index contributed by atoms with van der Waals surface area (Å²) in [6, 6.07) is 4.96. The number of hydrazine groups is 1. The maximum atomic E-state index is 11.7. The Labute approximate surface area is 115 Å². The third kappa shape index (κ3) is 3.05. The van der Waals surface area contributed by atoms with Crippen LogP contribution in [0.2, 0.25) is 10.0 Å². The van der Waals surface area contributed by atoms with Gasteiger partial charge in [0.15, 0.2) is 6.23 Å². The topological polar surface area (TPSA) is 67.6 Å². The van der Waals surface area contributed by atoms with Crippen LogP contribution in [0.5, 0.6) is 0 Å². The van der Waals surface area contributed by atoms with E-state index in [0.29, 0.717) is 22.3 Å². The summed E-state index contributed by atoms with van der Waals surface area (Å²) in [5, 5.41) is 4.73. The molecule has 0 bridgehead atoms. The number of benzene rings is 1. The number of anilines is 1. The van der Waals surface area contributed by atoms with Gasteiger partial charge in [-0.15, -0.1) is 0 Å². The Bertz CT molecular complexity index is 436. The predicted octanol–water partition coefficient (Wildman–Crippen LogP) is 2.84. The van der Waals surface area contributed by atoms with Crippen molar-refractivity contribution in [3.05, 3.63) is 28.2 Å². The van der Waals surface area contributed by atoms with Crippen LogP contribution >= 0.6 is 23.2 Å². The Hall–Kier alpha value is -1.01. The van der Waals surface area contributed by atoms with Crippen LogP contribution in [-0.4, -0.2) is 23.9 Å². The van der Waals surface area contributed by atoms with Gasteiger partial charge in [-0.05, 0) is 18.6 Å². The molecule has 0 saturated carbocycles. The predicted molar refractivity (Wildman–Crippen MR) is 70.5 cm³/mol. The second-order valence-corrected chi connectivity index (χ2v) is 4.78. The largest absolute Gasteiger partial charge is 0.429 e. The zero-order valence-corrected chi connectivity index (χ0v) is 11.0. The first kappa shape index (κ1) is 13.4. The van der Waals surface area contributed by atoms with E-state index in [0.717, 1.165) is 12.8 Å². The van der Waals surface area contributed by atoms with Gasteiger partial charge in [-0.1, -0.05) is 29.3 Å². The van der Waals surface area contributed by atoms with Crippen molar-refractivity contribution in [2.24, 2.45) is 5.84 Å². The highest BCUT2D eigenvalue weighted by atomic mass is 35.5. The molecule has 98 valence electrons. The molecule has 1 aliphatic heterocycles. The normalized spacial score (nSPS) is 19.8. The minimum Gasteiger partial charge on any atom is -0.429 e. The molecule has 0 spiro atoms. The molecule has 5 nitrogen and oxygen atoms in total. The average molecular weight is 290 g/mol. The quantitative estimate of drug-likeness (QED) is 0.822. The molecule has 1 heterocycles. The first-order valence-electron chi connectivity index (χ1n) is 5.51. The van der Waals surface area contributed by atoms with Crippen molar-refractivity contribution >= 4 is 35.0 Å². The van der Waals surface area contributed by atoms with Gasteiger partial charge in [0.1, 0.15) is 0 Å². The summed E-state index contributed by atoms with van der Waals surface area (Å²) in [7, 11) is 0. The lowest BCUT2D eigenvalue weighted by molar-refractivity contribution is 0.0203. The molecule has 1 amide bonds. The van der Waals surface area contributed by atoms with Crippen molar-refractivity contribution < 1.29 is 9.53 Å². The van der Waals surface area contributed by atoms with Crippen LogP contribution in [0.25, 0.3) is 0 Å². The molecule has 0 radical (unpaired) electrons. The van der Waals surface area contributed by atoms with Gasteiger partial charge in [0.25, 0.3) is 0 Å². The highest BCUT2D eigenvalue weighted by Crippen LogP contribution is 2.30. The second-order valence-electron chi connectivity index (χ2n) is 3.96. The van der Waals surface area contributed by atoms with Gasteiger partial charge < -0.3 is 4.74 Å². The molecule has 1 fully saturated rings. The third-order valence-corrected chi connectivity index (χ3v) is 3.30. The zero-order valence-electron chi connectivity index (χ0n) is 9.53. The number of nitrogens with two attached hydrogens (primary N) is 1. The average Bonchev–Trinajstić information content (AvgIpc) is 2.70. The van der Waals surface area contributed by atoms with Gasteiger partial charge in [-0.2, -0.15) is 0 Å². The number of rotatable bonds is 2. The molecule has 1 aromatic rings. The number of halogens is 2. The first-order valence-corrected chi connectivity index (χ1v) is 6.26. The highest BCUT2D eigenvalue weighted by Gasteiger charge is 2.25. The van der Waals surface area contributed by atoms with Crippen molar-refractivity contribution in [1.82, 2.24) is 5.01 Å². The number of nitrogens with one attached hydrogen (secondary N) is 1. The Morgan fingerprint density at radius 3 is 2.67 bits per heavy atom. The molecular weight excluding hydrogens is 277 g/mol. The number of para-hydroxylation sites is 1. The maximum absolute atomic E-state index is 11.7. The molecule has 7 heteroatoms. The molecule has 1 aliphatic rings. The van der Waals surface area contributed by atoms with E-state index in [2.05, 4.69) is 5.32 Å². The summed E-state index contributed by atoms with van der Waals surface area (Å²) in [6.07, 6.45) is 0.611. The fourth-order valence-electron chi connectivity index (χ4n) is 1.76. The van der Waals surface area contributed by atoms with Gasteiger partial charge in [0.05, 0.1) is 15.7 Å². The van der Waals surface area contributed by atoms with Crippen molar-refractivity contribution in [2.45, 2.75) is 19.1 Å².